The molecule has 0 saturated carbocycles. The van der Waals surface area contributed by atoms with Gasteiger partial charge in [-0.05, 0) is 12.1 Å². The van der Waals surface area contributed by atoms with Crippen molar-refractivity contribution in [3.63, 3.8) is 0 Å². The highest BCUT2D eigenvalue weighted by molar-refractivity contribution is 5.89. The van der Waals surface area contributed by atoms with E-state index in [2.05, 4.69) is 0 Å². The summed E-state index contributed by atoms with van der Waals surface area (Å²) >= 11 is 0. The predicted octanol–water partition coefficient (Wildman–Crippen LogP) is 2.06. The Balaban J connectivity index is 1.94. The van der Waals surface area contributed by atoms with Crippen LogP contribution in [0.15, 0.2) is 30.3 Å². The van der Waals surface area contributed by atoms with E-state index in [0.717, 1.165) is 6.92 Å². The average molecular weight is 314 g/mol. The molecule has 0 spiro atoms. The summed E-state index contributed by atoms with van der Waals surface area (Å²) in [6.07, 6.45) is -4.78. The molecule has 1 saturated heterocycles. The first-order chi connectivity index (χ1) is 10.5. The van der Waals surface area contributed by atoms with Crippen LogP contribution in [-0.4, -0.2) is 43.8 Å². The number of alkyl halides is 2. The minimum Gasteiger partial charge on any atom is -0.459 e. The van der Waals surface area contributed by atoms with Gasteiger partial charge in [-0.3, -0.25) is 4.79 Å². The molecule has 1 aromatic carbocycles. The maximum Gasteiger partial charge on any atom is 0.338 e. The highest BCUT2D eigenvalue weighted by atomic mass is 19.3. The molecule has 3 atom stereocenters. The van der Waals surface area contributed by atoms with Crippen LogP contribution in [-0.2, 0) is 19.0 Å². The van der Waals surface area contributed by atoms with Gasteiger partial charge >= 0.3 is 11.9 Å². The molecule has 0 bridgehead atoms. The molecule has 0 aliphatic carbocycles. The molecule has 1 heterocycles. The molecule has 0 amide bonds. The van der Waals surface area contributed by atoms with E-state index in [-0.39, 0.29) is 13.2 Å². The topological polar surface area (TPSA) is 61.8 Å². The fraction of sp³-hybridized carbons (Fsp3) is 0.467. The third kappa shape index (κ3) is 4.00. The Morgan fingerprint density at radius 1 is 1.32 bits per heavy atom. The van der Waals surface area contributed by atoms with E-state index in [4.69, 9.17) is 14.2 Å². The van der Waals surface area contributed by atoms with E-state index >= 15 is 0 Å². The van der Waals surface area contributed by atoms with Crippen LogP contribution < -0.4 is 0 Å². The average Bonchev–Trinajstić information content (AvgIpc) is 2.87. The fourth-order valence-electron chi connectivity index (χ4n) is 2.30. The normalized spacial score (nSPS) is 24.3. The van der Waals surface area contributed by atoms with Gasteiger partial charge in [-0.1, -0.05) is 18.2 Å². The molecule has 2 rings (SSSR count). The number of hydrogen-bond acceptors (Lipinski definition) is 5. The van der Waals surface area contributed by atoms with E-state index in [1.54, 1.807) is 30.3 Å². The molecule has 1 aliphatic heterocycles. The molecule has 7 heteroatoms. The lowest BCUT2D eigenvalue weighted by molar-refractivity contribution is -0.150. The molecule has 0 unspecified atom stereocenters. The zero-order valence-electron chi connectivity index (χ0n) is 11.9. The maximum atomic E-state index is 13.1. The van der Waals surface area contributed by atoms with E-state index in [0.29, 0.717) is 5.56 Å². The quantitative estimate of drug-likeness (QED) is 0.779. The maximum absolute atomic E-state index is 13.1. The summed E-state index contributed by atoms with van der Waals surface area (Å²) in [4.78, 5) is 22.7. The first-order valence-electron chi connectivity index (χ1n) is 6.78. The second kappa shape index (κ2) is 7.31. The standard InChI is InChI=1S/C15H16F2O5/c1-9(18)22-12-8-20-11(13(12)14(16)17)7-21-15(19)10-5-3-2-4-6-10/h2-6,11-14H,7-8H2,1H3/t11-,12+,13-/m1/s1. The molecule has 0 N–H and O–H groups in total. The van der Waals surface area contributed by atoms with Crippen molar-refractivity contribution in [3.05, 3.63) is 35.9 Å². The van der Waals surface area contributed by atoms with E-state index in [1.165, 1.54) is 0 Å². The molecule has 22 heavy (non-hydrogen) atoms. The van der Waals surface area contributed by atoms with Crippen molar-refractivity contribution in [2.45, 2.75) is 25.6 Å². The van der Waals surface area contributed by atoms with E-state index in [9.17, 15) is 18.4 Å². The SMILES string of the molecule is CC(=O)O[C@H]1CO[C@H](COC(=O)c2ccccc2)[C@H]1C(F)F. The van der Waals surface area contributed by atoms with E-state index < -0.39 is 36.5 Å². The predicted molar refractivity (Wildman–Crippen MR) is 71.5 cm³/mol. The van der Waals surface area contributed by atoms with Crippen molar-refractivity contribution >= 4 is 11.9 Å². The molecule has 1 aliphatic rings. The number of rotatable bonds is 5. The number of halogens is 2. The van der Waals surface area contributed by atoms with Gasteiger partial charge in [-0.25, -0.2) is 13.6 Å². The summed E-state index contributed by atoms with van der Waals surface area (Å²) in [6, 6.07) is 8.20. The summed E-state index contributed by atoms with van der Waals surface area (Å²) in [5.74, 6) is -2.58. The Hall–Kier alpha value is -2.02. The van der Waals surface area contributed by atoms with Crippen molar-refractivity contribution in [1.29, 1.82) is 0 Å². The number of carbonyl (C=O) groups is 2. The third-order valence-corrected chi connectivity index (χ3v) is 3.33. The Morgan fingerprint density at radius 3 is 2.59 bits per heavy atom. The summed E-state index contributed by atoms with van der Waals surface area (Å²) in [5, 5.41) is 0. The van der Waals surface area contributed by atoms with Gasteiger partial charge in [-0.2, -0.15) is 0 Å². The highest BCUT2D eigenvalue weighted by Crippen LogP contribution is 2.30. The molecule has 1 aromatic rings. The number of hydrogen-bond donors (Lipinski definition) is 0. The van der Waals surface area contributed by atoms with Gasteiger partial charge in [0, 0.05) is 6.92 Å². The Morgan fingerprint density at radius 2 is 2.00 bits per heavy atom. The van der Waals surface area contributed by atoms with Crippen LogP contribution in [0.3, 0.4) is 0 Å². The number of benzene rings is 1. The van der Waals surface area contributed by atoms with Crippen LogP contribution in [0.5, 0.6) is 0 Å². The van der Waals surface area contributed by atoms with Gasteiger partial charge in [0.15, 0.2) is 0 Å². The van der Waals surface area contributed by atoms with Gasteiger partial charge in [0.25, 0.3) is 0 Å². The largest absolute Gasteiger partial charge is 0.459 e. The van der Waals surface area contributed by atoms with Crippen LogP contribution >= 0.6 is 0 Å². The summed E-state index contributed by atoms with van der Waals surface area (Å²) < 4.78 is 41.3. The van der Waals surface area contributed by atoms with Gasteiger partial charge in [0.1, 0.15) is 18.8 Å². The minimum absolute atomic E-state index is 0.137. The molecular formula is C15H16F2O5. The molecule has 0 radical (unpaired) electrons. The molecule has 120 valence electrons. The van der Waals surface area contributed by atoms with Crippen LogP contribution in [0.25, 0.3) is 0 Å². The summed E-state index contributed by atoms with van der Waals surface area (Å²) in [7, 11) is 0. The van der Waals surface area contributed by atoms with Crippen molar-refractivity contribution < 1.29 is 32.6 Å². The van der Waals surface area contributed by atoms with Gasteiger partial charge in [0.05, 0.1) is 18.1 Å². The molecule has 0 aromatic heterocycles. The van der Waals surface area contributed by atoms with Gasteiger partial charge < -0.3 is 14.2 Å². The lowest BCUT2D eigenvalue weighted by Crippen LogP contribution is -2.36. The Bertz CT molecular complexity index is 520. The number of esters is 2. The van der Waals surface area contributed by atoms with Crippen LogP contribution in [0.1, 0.15) is 17.3 Å². The number of ether oxygens (including phenoxy) is 3. The van der Waals surface area contributed by atoms with Gasteiger partial charge in [-0.15, -0.1) is 0 Å². The van der Waals surface area contributed by atoms with Gasteiger partial charge in [0.2, 0.25) is 6.43 Å². The highest BCUT2D eigenvalue weighted by Gasteiger charge is 2.45. The molecule has 1 fully saturated rings. The van der Waals surface area contributed by atoms with Crippen LogP contribution in [0.4, 0.5) is 8.78 Å². The Labute approximate surface area is 126 Å². The smallest absolute Gasteiger partial charge is 0.338 e. The van der Waals surface area contributed by atoms with Crippen molar-refractivity contribution in [2.24, 2.45) is 5.92 Å². The lowest BCUT2D eigenvalue weighted by atomic mass is 10.00. The fourth-order valence-corrected chi connectivity index (χ4v) is 2.30. The second-order valence-electron chi connectivity index (χ2n) is 4.90. The van der Waals surface area contributed by atoms with E-state index in [1.807, 2.05) is 0 Å². The van der Waals surface area contributed by atoms with Crippen LogP contribution in [0.2, 0.25) is 0 Å². The first-order valence-corrected chi connectivity index (χ1v) is 6.78. The Kier molecular flexibility index (Phi) is 5.43. The zero-order valence-corrected chi connectivity index (χ0v) is 11.9. The zero-order chi connectivity index (χ0) is 16.1. The summed E-state index contributed by atoms with van der Waals surface area (Å²) in [5.41, 5.74) is 0.325. The van der Waals surface area contributed by atoms with Crippen LogP contribution in [0, 0.1) is 5.92 Å². The monoisotopic (exact) mass is 314 g/mol. The van der Waals surface area contributed by atoms with Crippen molar-refractivity contribution in [3.8, 4) is 0 Å². The second-order valence-corrected chi connectivity index (χ2v) is 4.90. The lowest BCUT2D eigenvalue weighted by Gasteiger charge is -2.21. The van der Waals surface area contributed by atoms with Crippen molar-refractivity contribution in [2.75, 3.05) is 13.2 Å². The summed E-state index contributed by atoms with van der Waals surface area (Å²) in [6.45, 7) is 0.688. The first kappa shape index (κ1) is 16.4. The van der Waals surface area contributed by atoms with Crippen molar-refractivity contribution in [1.82, 2.24) is 0 Å². The minimum atomic E-state index is -2.74. The molecular weight excluding hydrogens is 298 g/mol. The third-order valence-electron chi connectivity index (χ3n) is 3.33. The molecule has 5 nitrogen and oxygen atoms in total. The number of carbonyl (C=O) groups excluding carboxylic acids is 2.